The molecule has 0 bridgehead atoms. The second-order valence-electron chi connectivity index (χ2n) is 5.55. The van der Waals surface area contributed by atoms with E-state index in [1.165, 1.54) is 21.3 Å². The summed E-state index contributed by atoms with van der Waals surface area (Å²) in [5.41, 5.74) is 1.68. The van der Waals surface area contributed by atoms with Gasteiger partial charge in [0.05, 0.1) is 4.90 Å². The Bertz CT molecular complexity index is 657. The van der Waals surface area contributed by atoms with E-state index in [1.54, 1.807) is 18.2 Å². The molecule has 0 aliphatic rings. The van der Waals surface area contributed by atoms with Crippen LogP contribution in [-0.2, 0) is 15.5 Å². The van der Waals surface area contributed by atoms with Gasteiger partial charge in [-0.1, -0.05) is 51.1 Å². The summed E-state index contributed by atoms with van der Waals surface area (Å²) in [6.45, 7) is 6.69. The first-order chi connectivity index (χ1) is 9.60. The van der Waals surface area contributed by atoms with Gasteiger partial charge in [0.15, 0.2) is 0 Å². The van der Waals surface area contributed by atoms with Gasteiger partial charge in [-0.2, -0.15) is 8.42 Å². The molecular weight excluding hydrogens is 399 g/mol. The lowest BCUT2D eigenvalue weighted by Gasteiger charge is -2.18. The van der Waals surface area contributed by atoms with E-state index in [4.69, 9.17) is 4.55 Å². The van der Waals surface area contributed by atoms with Gasteiger partial charge in [0.1, 0.15) is 0 Å². The summed E-state index contributed by atoms with van der Waals surface area (Å²) in [6, 6.07) is 16.1. The predicted octanol–water partition coefficient (Wildman–Crippen LogP) is 4.52. The summed E-state index contributed by atoms with van der Waals surface area (Å²) in [5.74, 6) is 0. The van der Waals surface area contributed by atoms with Crippen LogP contribution in [0.2, 0.25) is 0 Å². The zero-order valence-corrected chi connectivity index (χ0v) is 15.2. The standard InChI is InChI=1S/C10H13I.C6H6O3S/c1-10(2,3)8-4-6-9(11)7-5-8;7-10(8,9)6-4-2-1-3-5-6/h4-7H,1-3H3;1-5H,(H,7,8,9). The fraction of sp³-hybridized carbons (Fsp3) is 0.250. The lowest BCUT2D eigenvalue weighted by molar-refractivity contribution is 0.483. The van der Waals surface area contributed by atoms with Crippen LogP contribution in [0.25, 0.3) is 0 Å². The highest BCUT2D eigenvalue weighted by Crippen LogP contribution is 2.22. The van der Waals surface area contributed by atoms with Gasteiger partial charge in [0.25, 0.3) is 10.1 Å². The van der Waals surface area contributed by atoms with Crippen molar-refractivity contribution in [2.24, 2.45) is 0 Å². The Labute approximate surface area is 140 Å². The van der Waals surface area contributed by atoms with E-state index in [0.29, 0.717) is 0 Å². The predicted molar refractivity (Wildman–Crippen MR) is 94.1 cm³/mol. The van der Waals surface area contributed by atoms with E-state index < -0.39 is 10.1 Å². The fourth-order valence-electron chi connectivity index (χ4n) is 1.54. The summed E-state index contributed by atoms with van der Waals surface area (Å²) in [7, 11) is -4.00. The summed E-state index contributed by atoms with van der Waals surface area (Å²) in [6.07, 6.45) is 0. The molecular formula is C16H19IO3S. The van der Waals surface area contributed by atoms with E-state index in [2.05, 4.69) is 67.6 Å². The third-order valence-corrected chi connectivity index (χ3v) is 4.34. The zero-order valence-electron chi connectivity index (χ0n) is 12.2. The minimum absolute atomic E-state index is 0.0741. The minimum atomic E-state index is -4.00. The summed E-state index contributed by atoms with van der Waals surface area (Å²) < 4.78 is 30.5. The van der Waals surface area contributed by atoms with Crippen LogP contribution in [0, 0.1) is 3.57 Å². The molecule has 2 aromatic carbocycles. The van der Waals surface area contributed by atoms with E-state index in [0.717, 1.165) is 0 Å². The molecule has 0 aliphatic heterocycles. The van der Waals surface area contributed by atoms with Crippen molar-refractivity contribution in [2.75, 3.05) is 0 Å². The fourth-order valence-corrected chi connectivity index (χ4v) is 2.40. The van der Waals surface area contributed by atoms with Crippen molar-refractivity contribution >= 4 is 32.7 Å². The molecule has 1 N–H and O–H groups in total. The Morgan fingerprint density at radius 2 is 1.38 bits per heavy atom. The maximum Gasteiger partial charge on any atom is 0.294 e. The number of hydrogen-bond acceptors (Lipinski definition) is 2. The van der Waals surface area contributed by atoms with Crippen LogP contribution in [0.5, 0.6) is 0 Å². The molecule has 0 heterocycles. The highest BCUT2D eigenvalue weighted by molar-refractivity contribution is 14.1. The number of rotatable bonds is 1. The van der Waals surface area contributed by atoms with Crippen molar-refractivity contribution in [3.63, 3.8) is 0 Å². The van der Waals surface area contributed by atoms with Crippen LogP contribution < -0.4 is 0 Å². The van der Waals surface area contributed by atoms with E-state index >= 15 is 0 Å². The molecule has 0 saturated carbocycles. The van der Waals surface area contributed by atoms with Crippen LogP contribution in [0.3, 0.4) is 0 Å². The molecule has 0 saturated heterocycles. The van der Waals surface area contributed by atoms with Gasteiger partial charge in [-0.3, -0.25) is 4.55 Å². The molecule has 0 unspecified atom stereocenters. The molecule has 21 heavy (non-hydrogen) atoms. The molecule has 3 nitrogen and oxygen atoms in total. The van der Waals surface area contributed by atoms with Crippen LogP contribution in [0.4, 0.5) is 0 Å². The average molecular weight is 418 g/mol. The lowest BCUT2D eigenvalue weighted by atomic mass is 9.87. The Balaban J connectivity index is 0.000000211. The van der Waals surface area contributed by atoms with Crippen molar-refractivity contribution in [3.05, 3.63) is 63.7 Å². The highest BCUT2D eigenvalue weighted by Gasteiger charge is 2.12. The molecule has 0 spiro atoms. The molecule has 114 valence electrons. The normalized spacial score (nSPS) is 11.5. The second-order valence-corrected chi connectivity index (χ2v) is 8.21. The number of benzene rings is 2. The van der Waals surface area contributed by atoms with Gasteiger partial charge in [-0.05, 0) is 57.8 Å². The number of halogens is 1. The first-order valence-electron chi connectivity index (χ1n) is 6.39. The van der Waals surface area contributed by atoms with Crippen LogP contribution in [-0.4, -0.2) is 13.0 Å². The maximum atomic E-state index is 10.4. The molecule has 0 radical (unpaired) electrons. The smallest absolute Gasteiger partial charge is 0.282 e. The molecule has 0 aliphatic carbocycles. The molecule has 5 heteroatoms. The monoisotopic (exact) mass is 418 g/mol. The van der Waals surface area contributed by atoms with E-state index in [-0.39, 0.29) is 10.3 Å². The third-order valence-electron chi connectivity index (χ3n) is 2.75. The van der Waals surface area contributed by atoms with Crippen LogP contribution in [0.15, 0.2) is 59.5 Å². The lowest BCUT2D eigenvalue weighted by Crippen LogP contribution is -2.10. The average Bonchev–Trinajstić information content (AvgIpc) is 2.39. The third kappa shape index (κ3) is 6.58. The Morgan fingerprint density at radius 3 is 1.71 bits per heavy atom. The number of hydrogen-bond donors (Lipinski definition) is 1. The van der Waals surface area contributed by atoms with Gasteiger partial charge in [-0.15, -0.1) is 0 Å². The maximum absolute atomic E-state index is 10.4. The van der Waals surface area contributed by atoms with Crippen LogP contribution in [0.1, 0.15) is 26.3 Å². The van der Waals surface area contributed by atoms with Gasteiger partial charge in [-0.25, -0.2) is 0 Å². The molecule has 0 amide bonds. The molecule has 0 aromatic heterocycles. The van der Waals surface area contributed by atoms with Gasteiger partial charge in [0.2, 0.25) is 0 Å². The van der Waals surface area contributed by atoms with Crippen LogP contribution >= 0.6 is 22.6 Å². The highest BCUT2D eigenvalue weighted by atomic mass is 127. The quantitative estimate of drug-likeness (QED) is 0.547. The van der Waals surface area contributed by atoms with E-state index in [1.807, 2.05) is 0 Å². The molecule has 2 rings (SSSR count). The Hall–Kier alpha value is -0.920. The van der Waals surface area contributed by atoms with E-state index in [9.17, 15) is 8.42 Å². The minimum Gasteiger partial charge on any atom is -0.282 e. The first kappa shape index (κ1) is 18.1. The molecule has 0 atom stereocenters. The molecule has 2 aromatic rings. The first-order valence-corrected chi connectivity index (χ1v) is 8.91. The van der Waals surface area contributed by atoms with Crippen molar-refractivity contribution in [1.29, 1.82) is 0 Å². The van der Waals surface area contributed by atoms with Gasteiger partial charge < -0.3 is 0 Å². The summed E-state index contributed by atoms with van der Waals surface area (Å²) in [4.78, 5) is -0.0741. The van der Waals surface area contributed by atoms with Crippen molar-refractivity contribution in [1.82, 2.24) is 0 Å². The summed E-state index contributed by atoms with van der Waals surface area (Å²) in [5, 5.41) is 0. The second kappa shape index (κ2) is 7.38. The zero-order chi connectivity index (χ0) is 16.1. The van der Waals surface area contributed by atoms with Crippen molar-refractivity contribution in [2.45, 2.75) is 31.1 Å². The van der Waals surface area contributed by atoms with Gasteiger partial charge >= 0.3 is 0 Å². The van der Waals surface area contributed by atoms with Crippen molar-refractivity contribution in [3.8, 4) is 0 Å². The largest absolute Gasteiger partial charge is 0.294 e. The van der Waals surface area contributed by atoms with Gasteiger partial charge in [0, 0.05) is 3.57 Å². The molecule has 0 fully saturated rings. The summed E-state index contributed by atoms with van der Waals surface area (Å²) >= 11 is 2.32. The van der Waals surface area contributed by atoms with Crippen molar-refractivity contribution < 1.29 is 13.0 Å². The Kier molecular flexibility index (Phi) is 6.37. The Morgan fingerprint density at radius 1 is 0.905 bits per heavy atom. The topological polar surface area (TPSA) is 54.4 Å². The SMILES string of the molecule is CC(C)(C)c1ccc(I)cc1.O=S(=O)(O)c1ccccc1.